The van der Waals surface area contributed by atoms with Crippen LogP contribution in [0.5, 0.6) is 0 Å². The fraction of sp³-hybridized carbons (Fsp3) is 0.875. The summed E-state index contributed by atoms with van der Waals surface area (Å²) >= 11 is 1.62. The number of primary sulfonamides is 1. The lowest BCUT2D eigenvalue weighted by Gasteiger charge is -2.11. The quantitative estimate of drug-likeness (QED) is 0.482. The molecule has 0 saturated carbocycles. The van der Waals surface area contributed by atoms with Crippen LogP contribution in [-0.4, -0.2) is 44.7 Å². The maximum Gasteiger partial charge on any atom is 0.236 e. The minimum atomic E-state index is -3.44. The van der Waals surface area contributed by atoms with Crippen LogP contribution in [0.3, 0.4) is 0 Å². The summed E-state index contributed by atoms with van der Waals surface area (Å²) in [5.74, 6) is 0.447. The minimum Gasteiger partial charge on any atom is -0.355 e. The lowest BCUT2D eigenvalue weighted by molar-refractivity contribution is -0.122. The van der Waals surface area contributed by atoms with Crippen molar-refractivity contribution in [2.45, 2.75) is 18.9 Å². The van der Waals surface area contributed by atoms with Gasteiger partial charge in [-0.05, 0) is 24.9 Å². The SMILES string of the molecule is CSCC[C@H](N)C(=O)NCCCS(N)(=O)=O. The molecule has 0 heterocycles. The number of rotatable bonds is 8. The zero-order valence-corrected chi connectivity index (χ0v) is 10.9. The highest BCUT2D eigenvalue weighted by Crippen LogP contribution is 1.98. The molecule has 0 spiro atoms. The Morgan fingerprint density at radius 2 is 2.12 bits per heavy atom. The van der Waals surface area contributed by atoms with Crippen LogP contribution in [0.4, 0.5) is 0 Å². The minimum absolute atomic E-state index is 0.132. The smallest absolute Gasteiger partial charge is 0.236 e. The van der Waals surface area contributed by atoms with Gasteiger partial charge in [0, 0.05) is 6.54 Å². The van der Waals surface area contributed by atoms with Crippen LogP contribution in [0.2, 0.25) is 0 Å². The summed E-state index contributed by atoms with van der Waals surface area (Å²) in [4.78, 5) is 11.3. The Labute approximate surface area is 101 Å². The molecule has 0 aliphatic rings. The third kappa shape index (κ3) is 8.96. The number of nitrogens with two attached hydrogens (primary N) is 2. The molecule has 8 heteroatoms. The number of carbonyl (C=O) groups is 1. The fourth-order valence-corrected chi connectivity index (χ4v) is 2.03. The lowest BCUT2D eigenvalue weighted by Crippen LogP contribution is -2.41. The van der Waals surface area contributed by atoms with Gasteiger partial charge >= 0.3 is 0 Å². The van der Waals surface area contributed by atoms with E-state index in [1.54, 1.807) is 11.8 Å². The second kappa shape index (κ2) is 7.88. The Kier molecular flexibility index (Phi) is 7.73. The number of thioether (sulfide) groups is 1. The van der Waals surface area contributed by atoms with Crippen molar-refractivity contribution in [3.63, 3.8) is 0 Å². The van der Waals surface area contributed by atoms with E-state index in [2.05, 4.69) is 5.32 Å². The van der Waals surface area contributed by atoms with Gasteiger partial charge in [-0.1, -0.05) is 0 Å². The lowest BCUT2D eigenvalue weighted by atomic mass is 10.2. The number of carbonyl (C=O) groups excluding carboxylic acids is 1. The van der Waals surface area contributed by atoms with E-state index < -0.39 is 16.1 Å². The van der Waals surface area contributed by atoms with Crippen LogP contribution in [0.1, 0.15) is 12.8 Å². The van der Waals surface area contributed by atoms with Crippen molar-refractivity contribution >= 4 is 27.7 Å². The van der Waals surface area contributed by atoms with Gasteiger partial charge in [0.1, 0.15) is 0 Å². The van der Waals surface area contributed by atoms with Gasteiger partial charge in [-0.25, -0.2) is 13.6 Å². The molecule has 96 valence electrons. The summed E-state index contributed by atoms with van der Waals surface area (Å²) in [6.07, 6.45) is 2.86. The highest BCUT2D eigenvalue weighted by atomic mass is 32.2. The predicted octanol–water partition coefficient (Wildman–Crippen LogP) is -1.14. The van der Waals surface area contributed by atoms with Crippen LogP contribution in [-0.2, 0) is 14.8 Å². The summed E-state index contributed by atoms with van der Waals surface area (Å²) in [5, 5.41) is 7.38. The van der Waals surface area contributed by atoms with Gasteiger partial charge in [-0.3, -0.25) is 4.79 Å². The summed E-state index contributed by atoms with van der Waals surface area (Å²) in [6.45, 7) is 0.280. The van der Waals surface area contributed by atoms with Crippen molar-refractivity contribution in [2.75, 3.05) is 24.3 Å². The van der Waals surface area contributed by atoms with Crippen LogP contribution >= 0.6 is 11.8 Å². The Balaban J connectivity index is 3.65. The molecule has 0 aromatic rings. The van der Waals surface area contributed by atoms with Gasteiger partial charge < -0.3 is 11.1 Å². The van der Waals surface area contributed by atoms with Gasteiger partial charge in [0.2, 0.25) is 15.9 Å². The molecule has 0 aliphatic carbocycles. The predicted molar refractivity (Wildman–Crippen MR) is 66.6 cm³/mol. The van der Waals surface area contributed by atoms with Crippen molar-refractivity contribution in [3.8, 4) is 0 Å². The Hall–Kier alpha value is -0.310. The first-order valence-electron chi connectivity index (χ1n) is 4.89. The van der Waals surface area contributed by atoms with Crippen molar-refractivity contribution in [3.05, 3.63) is 0 Å². The topological polar surface area (TPSA) is 115 Å². The third-order valence-electron chi connectivity index (χ3n) is 1.87. The van der Waals surface area contributed by atoms with Crippen molar-refractivity contribution in [1.29, 1.82) is 0 Å². The Morgan fingerprint density at radius 1 is 1.50 bits per heavy atom. The van der Waals surface area contributed by atoms with Crippen molar-refractivity contribution in [2.24, 2.45) is 10.9 Å². The van der Waals surface area contributed by atoms with Crippen LogP contribution in [0.25, 0.3) is 0 Å². The number of sulfonamides is 1. The number of hydrogen-bond donors (Lipinski definition) is 3. The molecule has 0 aromatic carbocycles. The molecule has 0 radical (unpaired) electrons. The summed E-state index contributed by atoms with van der Waals surface area (Å²) in [7, 11) is -3.44. The van der Waals surface area contributed by atoms with E-state index in [9.17, 15) is 13.2 Å². The Morgan fingerprint density at radius 3 is 2.62 bits per heavy atom. The summed E-state index contributed by atoms with van der Waals surface area (Å²) in [6, 6.07) is -0.526. The van der Waals surface area contributed by atoms with Gasteiger partial charge in [-0.15, -0.1) is 0 Å². The fourth-order valence-electron chi connectivity index (χ4n) is 0.992. The summed E-state index contributed by atoms with van der Waals surface area (Å²) < 4.78 is 21.2. The molecule has 1 atom stereocenters. The third-order valence-corrected chi connectivity index (χ3v) is 3.38. The Bertz CT molecular complexity index is 306. The van der Waals surface area contributed by atoms with E-state index in [0.29, 0.717) is 12.8 Å². The van der Waals surface area contributed by atoms with Gasteiger partial charge in [0.25, 0.3) is 0 Å². The van der Waals surface area contributed by atoms with Crippen LogP contribution < -0.4 is 16.2 Å². The molecule has 0 unspecified atom stereocenters. The molecular weight excluding hydrogens is 250 g/mol. The molecule has 0 saturated heterocycles. The molecule has 6 nitrogen and oxygen atoms in total. The molecule has 5 N–H and O–H groups in total. The second-order valence-corrected chi connectivity index (χ2v) is 6.12. The number of hydrogen-bond acceptors (Lipinski definition) is 5. The zero-order chi connectivity index (χ0) is 12.6. The first kappa shape index (κ1) is 15.7. The first-order chi connectivity index (χ1) is 7.37. The van der Waals surface area contributed by atoms with Crippen molar-refractivity contribution < 1.29 is 13.2 Å². The van der Waals surface area contributed by atoms with E-state index in [4.69, 9.17) is 10.9 Å². The highest BCUT2D eigenvalue weighted by Gasteiger charge is 2.12. The number of nitrogens with one attached hydrogen (secondary N) is 1. The number of amides is 1. The van der Waals surface area contributed by atoms with Crippen LogP contribution in [0.15, 0.2) is 0 Å². The average Bonchev–Trinajstić information content (AvgIpc) is 2.19. The summed E-state index contributed by atoms with van der Waals surface area (Å²) in [5.41, 5.74) is 5.60. The van der Waals surface area contributed by atoms with E-state index in [1.807, 2.05) is 6.26 Å². The first-order valence-corrected chi connectivity index (χ1v) is 8.00. The van der Waals surface area contributed by atoms with Gasteiger partial charge in [0.05, 0.1) is 11.8 Å². The van der Waals surface area contributed by atoms with E-state index in [0.717, 1.165) is 5.75 Å². The molecule has 1 amide bonds. The molecule has 0 aliphatic heterocycles. The monoisotopic (exact) mass is 269 g/mol. The standard InChI is InChI=1S/C8H19N3O3S2/c1-15-5-3-7(9)8(12)11-4-2-6-16(10,13)14/h7H,2-6,9H2,1H3,(H,11,12)(H2,10,13,14)/t7-/m0/s1. The highest BCUT2D eigenvalue weighted by molar-refractivity contribution is 7.98. The van der Waals surface area contributed by atoms with E-state index >= 15 is 0 Å². The van der Waals surface area contributed by atoms with Crippen LogP contribution in [0, 0.1) is 0 Å². The average molecular weight is 269 g/mol. The second-order valence-electron chi connectivity index (χ2n) is 3.40. The van der Waals surface area contributed by atoms with Gasteiger partial charge in [0.15, 0.2) is 0 Å². The molecular formula is C8H19N3O3S2. The largest absolute Gasteiger partial charge is 0.355 e. The van der Waals surface area contributed by atoms with Gasteiger partial charge in [-0.2, -0.15) is 11.8 Å². The molecule has 16 heavy (non-hydrogen) atoms. The maximum atomic E-state index is 11.3. The molecule has 0 rings (SSSR count). The maximum absolute atomic E-state index is 11.3. The normalized spacial score (nSPS) is 13.4. The zero-order valence-electron chi connectivity index (χ0n) is 9.31. The van der Waals surface area contributed by atoms with E-state index in [1.165, 1.54) is 0 Å². The molecule has 0 aromatic heterocycles. The molecule has 0 bridgehead atoms. The van der Waals surface area contributed by atoms with Crippen molar-refractivity contribution in [1.82, 2.24) is 5.32 Å². The van der Waals surface area contributed by atoms with E-state index in [-0.39, 0.29) is 18.2 Å². The molecule has 0 fully saturated rings.